The number of ether oxygens (including phenoxy) is 2. The van der Waals surface area contributed by atoms with E-state index < -0.39 is 0 Å². The van der Waals surface area contributed by atoms with Gasteiger partial charge in [-0.25, -0.2) is 15.0 Å². The van der Waals surface area contributed by atoms with Crippen molar-refractivity contribution in [2.45, 2.75) is 20.8 Å². The largest absolute Gasteiger partial charge is 0.493 e. The van der Waals surface area contributed by atoms with Crippen LogP contribution in [0.25, 0.3) is 5.82 Å². The van der Waals surface area contributed by atoms with Gasteiger partial charge in [-0.05, 0) is 32.9 Å². The maximum absolute atomic E-state index is 12.7. The van der Waals surface area contributed by atoms with Crippen LogP contribution in [0.1, 0.15) is 17.2 Å². The van der Waals surface area contributed by atoms with Crippen LogP contribution < -0.4 is 14.4 Å². The number of para-hydroxylation sites is 2. The molecule has 1 fully saturated rings. The minimum absolute atomic E-state index is 0.0175. The number of rotatable bonds is 6. The fraction of sp³-hybridized carbons (Fsp3) is 0.391. The number of amides is 1. The minimum atomic E-state index is -0.0420. The first kappa shape index (κ1) is 21.6. The molecule has 9 nitrogen and oxygen atoms in total. The molecule has 0 radical (unpaired) electrons. The monoisotopic (exact) mass is 436 g/mol. The van der Waals surface area contributed by atoms with E-state index in [4.69, 9.17) is 9.47 Å². The average molecular weight is 437 g/mol. The van der Waals surface area contributed by atoms with Crippen LogP contribution >= 0.6 is 0 Å². The Hall–Kier alpha value is -3.62. The lowest BCUT2D eigenvalue weighted by Crippen LogP contribution is -2.50. The van der Waals surface area contributed by atoms with Gasteiger partial charge in [-0.1, -0.05) is 12.1 Å². The molecule has 1 amide bonds. The summed E-state index contributed by atoms with van der Waals surface area (Å²) < 4.78 is 12.9. The second-order valence-corrected chi connectivity index (χ2v) is 7.72. The van der Waals surface area contributed by atoms with E-state index in [9.17, 15) is 4.79 Å². The number of anilines is 1. The molecule has 0 spiro atoms. The third kappa shape index (κ3) is 4.51. The third-order valence-electron chi connectivity index (χ3n) is 5.69. The highest BCUT2D eigenvalue weighted by atomic mass is 16.5. The Balaban J connectivity index is 1.38. The first-order valence-electron chi connectivity index (χ1n) is 10.6. The zero-order chi connectivity index (χ0) is 22.7. The molecule has 2 aromatic heterocycles. The summed E-state index contributed by atoms with van der Waals surface area (Å²) in [6.07, 6.45) is 1.79. The number of aromatic nitrogens is 4. The summed E-state index contributed by atoms with van der Waals surface area (Å²) in [5.41, 5.74) is 2.03. The standard InChI is InChI=1S/C23H28N6O3/c1-16-17(2)29(15-24-16)22-13-21(25-18(3)26-22)27-9-11-28(12-10-27)23(30)14-32-20-8-6-5-7-19(20)31-4/h5-8,13,15H,9-12,14H2,1-4H3. The van der Waals surface area contributed by atoms with Gasteiger partial charge in [-0.15, -0.1) is 0 Å². The quantitative estimate of drug-likeness (QED) is 0.586. The van der Waals surface area contributed by atoms with E-state index >= 15 is 0 Å². The molecule has 1 saturated heterocycles. The Morgan fingerprint density at radius 1 is 1.00 bits per heavy atom. The van der Waals surface area contributed by atoms with Crippen molar-refractivity contribution >= 4 is 11.7 Å². The zero-order valence-electron chi connectivity index (χ0n) is 18.9. The molecular formula is C23H28N6O3. The third-order valence-corrected chi connectivity index (χ3v) is 5.69. The molecule has 0 N–H and O–H groups in total. The van der Waals surface area contributed by atoms with Gasteiger partial charge in [0, 0.05) is 37.9 Å². The van der Waals surface area contributed by atoms with Crippen molar-refractivity contribution in [3.63, 3.8) is 0 Å². The van der Waals surface area contributed by atoms with Gasteiger partial charge in [0.15, 0.2) is 18.1 Å². The topological polar surface area (TPSA) is 85.6 Å². The SMILES string of the molecule is COc1ccccc1OCC(=O)N1CCN(c2cc(-n3cnc(C)c3C)nc(C)n2)CC1. The fourth-order valence-electron chi connectivity index (χ4n) is 3.71. The number of hydrogen-bond acceptors (Lipinski definition) is 7. The smallest absolute Gasteiger partial charge is 0.260 e. The molecule has 1 aliphatic rings. The van der Waals surface area contributed by atoms with Crippen molar-refractivity contribution < 1.29 is 14.3 Å². The molecule has 32 heavy (non-hydrogen) atoms. The van der Waals surface area contributed by atoms with Crippen LogP contribution in [0.5, 0.6) is 11.5 Å². The number of carbonyl (C=O) groups excluding carboxylic acids is 1. The van der Waals surface area contributed by atoms with E-state index in [-0.39, 0.29) is 12.5 Å². The zero-order valence-corrected chi connectivity index (χ0v) is 18.9. The van der Waals surface area contributed by atoms with Gasteiger partial charge in [0.05, 0.1) is 12.8 Å². The lowest BCUT2D eigenvalue weighted by molar-refractivity contribution is -0.133. The van der Waals surface area contributed by atoms with Crippen LogP contribution in [-0.2, 0) is 4.79 Å². The molecule has 9 heteroatoms. The maximum Gasteiger partial charge on any atom is 0.260 e. The molecule has 4 rings (SSSR count). The van der Waals surface area contributed by atoms with E-state index in [0.29, 0.717) is 43.5 Å². The van der Waals surface area contributed by atoms with Crippen LogP contribution in [0.2, 0.25) is 0 Å². The number of imidazole rings is 1. The molecule has 1 aliphatic heterocycles. The van der Waals surface area contributed by atoms with Gasteiger partial charge in [0.2, 0.25) is 0 Å². The lowest BCUT2D eigenvalue weighted by atomic mass is 10.3. The van der Waals surface area contributed by atoms with Crippen molar-refractivity contribution in [1.82, 2.24) is 24.4 Å². The van der Waals surface area contributed by atoms with E-state index in [2.05, 4.69) is 19.9 Å². The average Bonchev–Trinajstić information content (AvgIpc) is 3.15. The molecule has 0 saturated carbocycles. The molecule has 0 bridgehead atoms. The summed E-state index contributed by atoms with van der Waals surface area (Å²) in [5.74, 6) is 3.50. The molecular weight excluding hydrogens is 408 g/mol. The predicted molar refractivity (Wildman–Crippen MR) is 121 cm³/mol. The number of carbonyl (C=O) groups is 1. The Kier molecular flexibility index (Phi) is 6.25. The Morgan fingerprint density at radius 3 is 2.34 bits per heavy atom. The summed E-state index contributed by atoms with van der Waals surface area (Å²) >= 11 is 0. The van der Waals surface area contributed by atoms with Crippen molar-refractivity contribution in [1.29, 1.82) is 0 Å². The number of benzene rings is 1. The highest BCUT2D eigenvalue weighted by Crippen LogP contribution is 2.26. The van der Waals surface area contributed by atoms with Gasteiger partial charge >= 0.3 is 0 Å². The molecule has 0 aliphatic carbocycles. The van der Waals surface area contributed by atoms with Gasteiger partial charge in [-0.3, -0.25) is 9.36 Å². The minimum Gasteiger partial charge on any atom is -0.493 e. The van der Waals surface area contributed by atoms with Crippen molar-refractivity contribution in [2.75, 3.05) is 44.8 Å². The van der Waals surface area contributed by atoms with Crippen LogP contribution in [0.4, 0.5) is 5.82 Å². The van der Waals surface area contributed by atoms with Crippen molar-refractivity contribution in [3.8, 4) is 17.3 Å². The summed E-state index contributed by atoms with van der Waals surface area (Å²) in [6.45, 7) is 8.48. The molecule has 168 valence electrons. The van der Waals surface area contributed by atoms with E-state index in [1.807, 2.05) is 54.5 Å². The van der Waals surface area contributed by atoms with Crippen LogP contribution in [0.3, 0.4) is 0 Å². The van der Waals surface area contributed by atoms with Crippen LogP contribution in [0.15, 0.2) is 36.7 Å². The number of methoxy groups -OCH3 is 1. The lowest BCUT2D eigenvalue weighted by Gasteiger charge is -2.35. The molecule has 0 atom stereocenters. The second-order valence-electron chi connectivity index (χ2n) is 7.72. The Labute approximate surface area is 187 Å². The number of nitrogens with zero attached hydrogens (tertiary/aromatic N) is 6. The highest BCUT2D eigenvalue weighted by molar-refractivity contribution is 5.78. The molecule has 1 aromatic carbocycles. The normalized spacial score (nSPS) is 13.9. The summed E-state index contributed by atoms with van der Waals surface area (Å²) in [4.78, 5) is 30.2. The highest BCUT2D eigenvalue weighted by Gasteiger charge is 2.23. The first-order valence-corrected chi connectivity index (χ1v) is 10.6. The summed E-state index contributed by atoms with van der Waals surface area (Å²) in [6, 6.07) is 9.29. The maximum atomic E-state index is 12.7. The van der Waals surface area contributed by atoms with Gasteiger partial charge in [0.25, 0.3) is 5.91 Å². The van der Waals surface area contributed by atoms with E-state index in [1.54, 1.807) is 19.5 Å². The van der Waals surface area contributed by atoms with Gasteiger partial charge in [-0.2, -0.15) is 0 Å². The molecule has 0 unspecified atom stereocenters. The van der Waals surface area contributed by atoms with E-state index in [1.165, 1.54) is 0 Å². The number of aryl methyl sites for hydroxylation is 2. The summed E-state index contributed by atoms with van der Waals surface area (Å²) in [5, 5.41) is 0. The molecule has 3 aromatic rings. The second kappa shape index (κ2) is 9.25. The fourth-order valence-corrected chi connectivity index (χ4v) is 3.71. The summed E-state index contributed by atoms with van der Waals surface area (Å²) in [7, 11) is 1.58. The van der Waals surface area contributed by atoms with Crippen molar-refractivity contribution in [2.24, 2.45) is 0 Å². The first-order chi connectivity index (χ1) is 15.5. The van der Waals surface area contributed by atoms with Crippen LogP contribution in [-0.4, -0.2) is 70.2 Å². The predicted octanol–water partition coefficient (Wildman–Crippen LogP) is 2.32. The Bertz CT molecular complexity index is 1100. The van der Waals surface area contributed by atoms with Crippen LogP contribution in [0, 0.1) is 20.8 Å². The number of hydrogen-bond donors (Lipinski definition) is 0. The van der Waals surface area contributed by atoms with E-state index in [0.717, 1.165) is 23.0 Å². The van der Waals surface area contributed by atoms with Gasteiger partial charge in [0.1, 0.15) is 23.8 Å². The number of piperazine rings is 1. The molecule has 3 heterocycles. The Morgan fingerprint density at radius 2 is 1.69 bits per heavy atom. The van der Waals surface area contributed by atoms with Crippen molar-refractivity contribution in [3.05, 3.63) is 53.9 Å². The van der Waals surface area contributed by atoms with Gasteiger partial charge < -0.3 is 19.3 Å².